The maximum absolute atomic E-state index is 12.8. The Balaban J connectivity index is 2.61. The van der Waals surface area contributed by atoms with Gasteiger partial charge in [-0.05, 0) is 47.9 Å². The summed E-state index contributed by atoms with van der Waals surface area (Å²) >= 11 is 0. The van der Waals surface area contributed by atoms with E-state index in [4.69, 9.17) is 0 Å². The fraction of sp³-hybridized carbons (Fsp3) is 0.143. The first kappa shape index (κ1) is 12.5. The number of nitrogens with one attached hydrogen (secondary N) is 1. The zero-order chi connectivity index (χ0) is 13.3. The lowest BCUT2D eigenvalue weighted by molar-refractivity contribution is -0.137. The van der Waals surface area contributed by atoms with Crippen LogP contribution in [0.15, 0.2) is 43.2 Å². The maximum Gasteiger partial charge on any atom is 0.416 e. The third-order valence-corrected chi connectivity index (χ3v) is 2.68. The van der Waals surface area contributed by atoms with Crippen LogP contribution in [0.3, 0.4) is 0 Å². The highest BCUT2D eigenvalue weighted by Crippen LogP contribution is 2.34. The van der Waals surface area contributed by atoms with Crippen LogP contribution >= 0.6 is 0 Å². The summed E-state index contributed by atoms with van der Waals surface area (Å²) in [5, 5.41) is 0. The average molecular weight is 251 g/mol. The van der Waals surface area contributed by atoms with Gasteiger partial charge in [0.05, 0.1) is 5.56 Å². The van der Waals surface area contributed by atoms with Gasteiger partial charge in [0, 0.05) is 12.4 Å². The summed E-state index contributed by atoms with van der Waals surface area (Å²) in [6.45, 7) is 5.39. The summed E-state index contributed by atoms with van der Waals surface area (Å²) in [5.41, 5.74) is 1.71. The number of hydrogen-bond acceptors (Lipinski definition) is 0. The topological polar surface area (TPSA) is 15.8 Å². The molecule has 0 saturated carbocycles. The SMILES string of the molecule is C=C(C)c1cc(-c2cc[nH]c2)cc(C(F)(F)F)c1. The molecule has 0 aliphatic carbocycles. The molecule has 0 fully saturated rings. The van der Waals surface area contributed by atoms with Gasteiger partial charge in [0.25, 0.3) is 0 Å². The Morgan fingerprint density at radius 1 is 1.17 bits per heavy atom. The fourth-order valence-electron chi connectivity index (χ4n) is 1.71. The minimum absolute atomic E-state index is 0.501. The molecule has 1 aromatic carbocycles. The van der Waals surface area contributed by atoms with E-state index < -0.39 is 11.7 Å². The zero-order valence-corrected chi connectivity index (χ0v) is 9.81. The monoisotopic (exact) mass is 251 g/mol. The molecule has 4 heteroatoms. The number of H-pyrrole nitrogens is 1. The van der Waals surface area contributed by atoms with Crippen molar-refractivity contribution in [2.24, 2.45) is 0 Å². The molecular weight excluding hydrogens is 239 g/mol. The number of alkyl halides is 3. The Labute approximate surface area is 103 Å². The summed E-state index contributed by atoms with van der Waals surface area (Å²) in [5.74, 6) is 0. The van der Waals surface area contributed by atoms with Crippen molar-refractivity contribution in [3.63, 3.8) is 0 Å². The predicted octanol–water partition coefficient (Wildman–Crippen LogP) is 4.73. The fourth-order valence-corrected chi connectivity index (χ4v) is 1.71. The standard InChI is InChI=1S/C14H12F3N/c1-9(2)11-5-12(10-3-4-18-8-10)7-13(6-11)14(15,16)17/h3-8,18H,1H2,2H3. The second kappa shape index (κ2) is 4.37. The molecule has 18 heavy (non-hydrogen) atoms. The Kier molecular flexibility index (Phi) is 3.03. The van der Waals surface area contributed by atoms with Gasteiger partial charge < -0.3 is 4.98 Å². The van der Waals surface area contributed by atoms with Gasteiger partial charge in [0.1, 0.15) is 0 Å². The number of allylic oxidation sites excluding steroid dienone is 1. The molecule has 0 atom stereocenters. The van der Waals surface area contributed by atoms with Crippen molar-refractivity contribution >= 4 is 5.57 Å². The van der Waals surface area contributed by atoms with Gasteiger partial charge in [0.2, 0.25) is 0 Å². The molecule has 1 N–H and O–H groups in total. The molecule has 1 aromatic heterocycles. The van der Waals surface area contributed by atoms with Crippen LogP contribution in [0.1, 0.15) is 18.1 Å². The first-order valence-corrected chi connectivity index (χ1v) is 5.39. The van der Waals surface area contributed by atoms with Gasteiger partial charge in [-0.25, -0.2) is 0 Å². The summed E-state index contributed by atoms with van der Waals surface area (Å²) < 4.78 is 38.4. The van der Waals surface area contributed by atoms with E-state index in [0.29, 0.717) is 16.7 Å². The first-order chi connectivity index (χ1) is 8.38. The molecule has 1 heterocycles. The normalized spacial score (nSPS) is 11.6. The summed E-state index contributed by atoms with van der Waals surface area (Å²) in [7, 11) is 0. The zero-order valence-electron chi connectivity index (χ0n) is 9.81. The number of aromatic nitrogens is 1. The van der Waals surface area contributed by atoms with E-state index in [9.17, 15) is 13.2 Å². The largest absolute Gasteiger partial charge is 0.416 e. The van der Waals surface area contributed by atoms with Gasteiger partial charge >= 0.3 is 6.18 Å². The Morgan fingerprint density at radius 2 is 1.89 bits per heavy atom. The van der Waals surface area contributed by atoms with Gasteiger partial charge in [-0.3, -0.25) is 0 Å². The van der Waals surface area contributed by atoms with E-state index in [1.54, 1.807) is 31.5 Å². The van der Waals surface area contributed by atoms with E-state index in [2.05, 4.69) is 11.6 Å². The minimum atomic E-state index is -4.35. The van der Waals surface area contributed by atoms with Crippen LogP contribution in [0, 0.1) is 0 Å². The third kappa shape index (κ3) is 2.47. The van der Waals surface area contributed by atoms with Crippen LogP contribution < -0.4 is 0 Å². The molecule has 94 valence electrons. The average Bonchev–Trinajstić information content (AvgIpc) is 2.80. The van der Waals surface area contributed by atoms with Crippen molar-refractivity contribution in [1.82, 2.24) is 4.98 Å². The van der Waals surface area contributed by atoms with E-state index in [-0.39, 0.29) is 0 Å². The molecule has 1 nitrogen and oxygen atoms in total. The van der Waals surface area contributed by atoms with Crippen molar-refractivity contribution in [2.75, 3.05) is 0 Å². The number of aromatic amines is 1. The van der Waals surface area contributed by atoms with Crippen LogP contribution in [-0.2, 0) is 6.18 Å². The molecule has 0 aliphatic heterocycles. The molecule has 0 radical (unpaired) electrons. The number of rotatable bonds is 2. The smallest absolute Gasteiger partial charge is 0.367 e. The molecule has 0 unspecified atom stereocenters. The van der Waals surface area contributed by atoms with Gasteiger partial charge in [0.15, 0.2) is 0 Å². The highest BCUT2D eigenvalue weighted by molar-refractivity contribution is 5.72. The van der Waals surface area contributed by atoms with Gasteiger partial charge in [-0.1, -0.05) is 12.2 Å². The predicted molar refractivity (Wildman–Crippen MR) is 65.9 cm³/mol. The number of hydrogen-bond donors (Lipinski definition) is 1. The number of halogens is 3. The van der Waals surface area contributed by atoms with E-state index >= 15 is 0 Å². The Hall–Kier alpha value is -1.97. The second-order valence-electron chi connectivity index (χ2n) is 4.18. The molecule has 0 aliphatic rings. The Bertz CT molecular complexity index is 565. The van der Waals surface area contributed by atoms with E-state index in [1.807, 2.05) is 0 Å². The molecule has 2 rings (SSSR count). The second-order valence-corrected chi connectivity index (χ2v) is 4.18. The summed E-state index contributed by atoms with van der Waals surface area (Å²) in [6.07, 6.45) is -1.01. The van der Waals surface area contributed by atoms with Gasteiger partial charge in [-0.15, -0.1) is 0 Å². The van der Waals surface area contributed by atoms with Crippen molar-refractivity contribution in [3.05, 3.63) is 54.4 Å². The first-order valence-electron chi connectivity index (χ1n) is 5.39. The van der Waals surface area contributed by atoms with Crippen LogP contribution in [0.4, 0.5) is 13.2 Å². The maximum atomic E-state index is 12.8. The van der Waals surface area contributed by atoms with E-state index in [1.165, 1.54) is 0 Å². The quantitative estimate of drug-likeness (QED) is 0.793. The Morgan fingerprint density at radius 3 is 2.39 bits per heavy atom. The molecular formula is C14H12F3N. The molecule has 0 saturated heterocycles. The lowest BCUT2D eigenvalue weighted by Gasteiger charge is -2.11. The van der Waals surface area contributed by atoms with Crippen molar-refractivity contribution in [3.8, 4) is 11.1 Å². The highest BCUT2D eigenvalue weighted by Gasteiger charge is 2.31. The lowest BCUT2D eigenvalue weighted by atomic mass is 9.98. The molecule has 0 spiro atoms. The van der Waals surface area contributed by atoms with Crippen LogP contribution in [0.25, 0.3) is 16.7 Å². The lowest BCUT2D eigenvalue weighted by Crippen LogP contribution is -2.05. The number of benzene rings is 1. The minimum Gasteiger partial charge on any atom is -0.367 e. The van der Waals surface area contributed by atoms with Crippen molar-refractivity contribution in [1.29, 1.82) is 0 Å². The van der Waals surface area contributed by atoms with Crippen molar-refractivity contribution < 1.29 is 13.2 Å². The molecule has 2 aromatic rings. The van der Waals surface area contributed by atoms with Crippen LogP contribution in [-0.4, -0.2) is 4.98 Å². The highest BCUT2D eigenvalue weighted by atomic mass is 19.4. The van der Waals surface area contributed by atoms with Gasteiger partial charge in [-0.2, -0.15) is 13.2 Å². The molecule has 0 bridgehead atoms. The summed E-state index contributed by atoms with van der Waals surface area (Å²) in [6, 6.07) is 5.71. The van der Waals surface area contributed by atoms with E-state index in [0.717, 1.165) is 17.7 Å². The van der Waals surface area contributed by atoms with Crippen molar-refractivity contribution in [2.45, 2.75) is 13.1 Å². The van der Waals surface area contributed by atoms with Crippen LogP contribution in [0.5, 0.6) is 0 Å². The van der Waals surface area contributed by atoms with Crippen LogP contribution in [0.2, 0.25) is 0 Å². The molecule has 0 amide bonds. The summed E-state index contributed by atoms with van der Waals surface area (Å²) in [4.78, 5) is 2.83. The third-order valence-electron chi connectivity index (χ3n) is 2.68.